The van der Waals surface area contributed by atoms with E-state index in [1.807, 2.05) is 24.3 Å². The van der Waals surface area contributed by atoms with Crippen LogP contribution in [-0.4, -0.2) is 36.7 Å². The monoisotopic (exact) mass is 277 g/mol. The average molecular weight is 277 g/mol. The van der Waals surface area contributed by atoms with Crippen LogP contribution in [0.1, 0.15) is 26.2 Å². The molecule has 1 heterocycles. The molecular formula is C15H23N3O2. The Bertz CT molecular complexity index is 433. The van der Waals surface area contributed by atoms with Crippen LogP contribution in [0.15, 0.2) is 24.3 Å². The first-order chi connectivity index (χ1) is 9.69. The van der Waals surface area contributed by atoms with Crippen molar-refractivity contribution in [2.45, 2.75) is 32.2 Å². The minimum absolute atomic E-state index is 0.194. The van der Waals surface area contributed by atoms with Crippen molar-refractivity contribution in [1.82, 2.24) is 4.90 Å². The molecule has 20 heavy (non-hydrogen) atoms. The van der Waals surface area contributed by atoms with Gasteiger partial charge in [0.25, 0.3) is 0 Å². The summed E-state index contributed by atoms with van der Waals surface area (Å²) in [6, 6.07) is 7.93. The van der Waals surface area contributed by atoms with Crippen molar-refractivity contribution in [2.75, 3.05) is 30.7 Å². The molecule has 2 rings (SSSR count). The first kappa shape index (κ1) is 14.5. The summed E-state index contributed by atoms with van der Waals surface area (Å²) in [7, 11) is 0. The third-order valence-corrected chi connectivity index (χ3v) is 3.45. The lowest BCUT2D eigenvalue weighted by molar-refractivity contribution is 0.109. The van der Waals surface area contributed by atoms with Gasteiger partial charge in [-0.2, -0.15) is 0 Å². The van der Waals surface area contributed by atoms with Gasteiger partial charge in [0.15, 0.2) is 0 Å². The fourth-order valence-electron chi connectivity index (χ4n) is 2.25. The number of likely N-dealkylation sites (tertiary alicyclic amines) is 1. The third-order valence-electron chi connectivity index (χ3n) is 3.45. The van der Waals surface area contributed by atoms with Gasteiger partial charge < -0.3 is 20.7 Å². The number of nitrogens with two attached hydrogens (primary N) is 1. The van der Waals surface area contributed by atoms with Gasteiger partial charge in [0.1, 0.15) is 0 Å². The van der Waals surface area contributed by atoms with E-state index in [9.17, 15) is 4.79 Å². The van der Waals surface area contributed by atoms with E-state index in [-0.39, 0.29) is 12.1 Å². The number of hydrogen-bond donors (Lipinski definition) is 2. The predicted molar refractivity (Wildman–Crippen MR) is 80.7 cm³/mol. The minimum atomic E-state index is -0.194. The van der Waals surface area contributed by atoms with Crippen LogP contribution in [-0.2, 0) is 4.74 Å². The largest absolute Gasteiger partial charge is 0.449 e. The van der Waals surface area contributed by atoms with E-state index in [1.165, 1.54) is 0 Å². The summed E-state index contributed by atoms with van der Waals surface area (Å²) in [5.41, 5.74) is 7.44. The summed E-state index contributed by atoms with van der Waals surface area (Å²) in [4.78, 5) is 13.6. The van der Waals surface area contributed by atoms with Gasteiger partial charge in [-0.25, -0.2) is 4.79 Å². The Morgan fingerprint density at radius 1 is 1.45 bits per heavy atom. The molecule has 1 aliphatic heterocycles. The van der Waals surface area contributed by atoms with Crippen LogP contribution in [0.2, 0.25) is 0 Å². The highest BCUT2D eigenvalue weighted by Gasteiger charge is 2.26. The second-order valence-electron chi connectivity index (χ2n) is 5.17. The van der Waals surface area contributed by atoms with Crippen molar-refractivity contribution in [2.24, 2.45) is 0 Å². The molecule has 5 nitrogen and oxygen atoms in total. The minimum Gasteiger partial charge on any atom is -0.449 e. The Kier molecular flexibility index (Phi) is 5.09. The van der Waals surface area contributed by atoms with Crippen molar-refractivity contribution >= 4 is 17.5 Å². The number of nitrogen functional groups attached to an aromatic ring is 1. The van der Waals surface area contributed by atoms with E-state index in [1.54, 1.807) is 4.90 Å². The fraction of sp³-hybridized carbons (Fsp3) is 0.533. The van der Waals surface area contributed by atoms with Crippen LogP contribution in [0, 0.1) is 0 Å². The van der Waals surface area contributed by atoms with Crippen LogP contribution in [0.5, 0.6) is 0 Å². The number of hydrogen-bond acceptors (Lipinski definition) is 4. The lowest BCUT2D eigenvalue weighted by Gasteiger charge is -2.17. The predicted octanol–water partition coefficient (Wildman–Crippen LogP) is 2.69. The second kappa shape index (κ2) is 7.03. The van der Waals surface area contributed by atoms with Crippen LogP contribution in [0.25, 0.3) is 0 Å². The Labute approximate surface area is 120 Å². The normalized spacial score (nSPS) is 18.1. The van der Waals surface area contributed by atoms with Crippen LogP contribution >= 0.6 is 0 Å². The molecule has 1 fully saturated rings. The van der Waals surface area contributed by atoms with Gasteiger partial charge >= 0.3 is 6.09 Å². The molecule has 0 aromatic heterocycles. The molecule has 0 saturated carbocycles. The molecule has 1 saturated heterocycles. The van der Waals surface area contributed by atoms with Crippen molar-refractivity contribution in [1.29, 1.82) is 0 Å². The number of amides is 1. The Hall–Kier alpha value is -1.91. The highest BCUT2D eigenvalue weighted by molar-refractivity contribution is 5.68. The first-order valence-electron chi connectivity index (χ1n) is 7.23. The SMILES string of the molecule is CCCCOC(=O)N1CCC(Nc2ccc(N)cc2)C1. The summed E-state index contributed by atoms with van der Waals surface area (Å²) in [6.07, 6.45) is 2.70. The van der Waals surface area contributed by atoms with Crippen molar-refractivity contribution < 1.29 is 9.53 Å². The van der Waals surface area contributed by atoms with E-state index in [0.29, 0.717) is 13.2 Å². The van der Waals surface area contributed by atoms with Crippen molar-refractivity contribution in [3.8, 4) is 0 Å². The molecule has 1 amide bonds. The Balaban J connectivity index is 1.77. The highest BCUT2D eigenvalue weighted by atomic mass is 16.6. The molecule has 110 valence electrons. The quantitative estimate of drug-likeness (QED) is 0.641. The van der Waals surface area contributed by atoms with Gasteiger partial charge in [-0.05, 0) is 37.1 Å². The zero-order chi connectivity index (χ0) is 14.4. The zero-order valence-corrected chi connectivity index (χ0v) is 12.0. The lowest BCUT2D eigenvalue weighted by Crippen LogP contribution is -2.32. The van der Waals surface area contributed by atoms with Crippen molar-refractivity contribution in [3.05, 3.63) is 24.3 Å². The van der Waals surface area contributed by atoms with Gasteiger partial charge in [-0.3, -0.25) is 0 Å². The van der Waals surface area contributed by atoms with E-state index in [2.05, 4.69) is 12.2 Å². The number of unbranched alkanes of at least 4 members (excludes halogenated alkanes) is 1. The molecular weight excluding hydrogens is 254 g/mol. The van der Waals surface area contributed by atoms with Gasteiger partial charge in [0, 0.05) is 30.5 Å². The lowest BCUT2D eigenvalue weighted by atomic mass is 10.2. The molecule has 0 spiro atoms. The van der Waals surface area contributed by atoms with Gasteiger partial charge in [0.2, 0.25) is 0 Å². The van der Waals surface area contributed by atoms with Gasteiger partial charge in [0.05, 0.1) is 6.61 Å². The van der Waals surface area contributed by atoms with Crippen molar-refractivity contribution in [3.63, 3.8) is 0 Å². The Morgan fingerprint density at radius 3 is 2.90 bits per heavy atom. The summed E-state index contributed by atoms with van der Waals surface area (Å²) in [5, 5.41) is 3.42. The third kappa shape index (κ3) is 4.05. The topological polar surface area (TPSA) is 67.6 Å². The second-order valence-corrected chi connectivity index (χ2v) is 5.17. The molecule has 0 aliphatic carbocycles. The van der Waals surface area contributed by atoms with Crippen LogP contribution in [0.3, 0.4) is 0 Å². The molecule has 5 heteroatoms. The first-order valence-corrected chi connectivity index (χ1v) is 7.23. The maximum absolute atomic E-state index is 11.8. The molecule has 1 unspecified atom stereocenters. The molecule has 1 aliphatic rings. The van der Waals surface area contributed by atoms with Gasteiger partial charge in [-0.15, -0.1) is 0 Å². The number of rotatable bonds is 5. The number of carbonyl (C=O) groups is 1. The maximum atomic E-state index is 11.8. The standard InChI is InChI=1S/C15H23N3O2/c1-2-3-10-20-15(19)18-9-8-14(11-18)17-13-6-4-12(16)5-7-13/h4-7,14,17H,2-3,8-11,16H2,1H3. The van der Waals surface area contributed by atoms with E-state index >= 15 is 0 Å². The van der Waals surface area contributed by atoms with Crippen LogP contribution in [0.4, 0.5) is 16.2 Å². The number of anilines is 2. The average Bonchev–Trinajstić information content (AvgIpc) is 2.90. The molecule has 1 atom stereocenters. The summed E-state index contributed by atoms with van der Waals surface area (Å²) in [6.45, 7) is 4.03. The summed E-state index contributed by atoms with van der Waals surface area (Å²) < 4.78 is 5.22. The zero-order valence-electron chi connectivity index (χ0n) is 12.0. The van der Waals surface area contributed by atoms with E-state index < -0.39 is 0 Å². The van der Waals surface area contributed by atoms with Gasteiger partial charge in [-0.1, -0.05) is 13.3 Å². The molecule has 1 aromatic rings. The van der Waals surface area contributed by atoms with E-state index in [4.69, 9.17) is 10.5 Å². The van der Waals surface area contributed by atoms with E-state index in [0.717, 1.165) is 37.2 Å². The number of nitrogens with zero attached hydrogens (tertiary/aromatic N) is 1. The fourth-order valence-corrected chi connectivity index (χ4v) is 2.25. The summed E-state index contributed by atoms with van der Waals surface area (Å²) in [5.74, 6) is 0. The number of ether oxygens (including phenoxy) is 1. The number of nitrogens with one attached hydrogen (secondary N) is 1. The maximum Gasteiger partial charge on any atom is 0.409 e. The molecule has 1 aromatic carbocycles. The number of carbonyl (C=O) groups excluding carboxylic acids is 1. The molecule has 3 N–H and O–H groups in total. The smallest absolute Gasteiger partial charge is 0.409 e. The van der Waals surface area contributed by atoms with Crippen LogP contribution < -0.4 is 11.1 Å². The highest BCUT2D eigenvalue weighted by Crippen LogP contribution is 2.17. The molecule has 0 radical (unpaired) electrons. The Morgan fingerprint density at radius 2 is 2.20 bits per heavy atom. The summed E-state index contributed by atoms with van der Waals surface area (Å²) >= 11 is 0. The number of benzene rings is 1. The molecule has 0 bridgehead atoms.